The van der Waals surface area contributed by atoms with Gasteiger partial charge in [0.2, 0.25) is 0 Å². The van der Waals surface area contributed by atoms with Gasteiger partial charge in [0.05, 0.1) is 5.52 Å². The molecule has 0 unspecified atom stereocenters. The lowest BCUT2D eigenvalue weighted by molar-refractivity contribution is 0.0544. The third-order valence-electron chi connectivity index (χ3n) is 2.50. The van der Waals surface area contributed by atoms with Crippen LogP contribution in [0.4, 0.5) is 4.79 Å². The van der Waals surface area contributed by atoms with E-state index in [4.69, 9.17) is 4.74 Å². The first-order valence-corrected chi connectivity index (χ1v) is 6.68. The van der Waals surface area contributed by atoms with Crippen molar-refractivity contribution in [2.24, 2.45) is 0 Å². The molecule has 90 valence electrons. The van der Waals surface area contributed by atoms with E-state index in [9.17, 15) is 4.79 Å². The number of nitrogens with zero attached hydrogens (tertiary/aromatic N) is 1. The summed E-state index contributed by atoms with van der Waals surface area (Å²) in [5.41, 5.74) is 0.458. The Morgan fingerprint density at radius 2 is 1.94 bits per heavy atom. The van der Waals surface area contributed by atoms with Crippen molar-refractivity contribution < 1.29 is 9.53 Å². The number of para-hydroxylation sites is 1. The average molecular weight is 247 g/mol. The van der Waals surface area contributed by atoms with Gasteiger partial charge in [-0.05, 0) is 37.4 Å². The molecular weight excluding hydrogens is 230 g/mol. The normalized spacial score (nSPS) is 11.9. The summed E-state index contributed by atoms with van der Waals surface area (Å²) >= 11 is 0. The monoisotopic (exact) mass is 247 g/mol. The second kappa shape index (κ2) is 4.03. The number of benzene rings is 1. The molecule has 0 amide bonds. The Morgan fingerprint density at radius 1 is 1.29 bits per heavy atom. The Bertz CT molecular complexity index is 566. The minimum absolute atomic E-state index is 0.309. The number of carbonyl (C=O) groups is 1. The summed E-state index contributed by atoms with van der Waals surface area (Å²) in [5, 5.41) is 2.36. The zero-order chi connectivity index (χ0) is 12.6. The van der Waals surface area contributed by atoms with Crippen LogP contribution < -0.4 is 5.19 Å². The first-order valence-electron chi connectivity index (χ1n) is 5.68. The molecule has 1 aromatic heterocycles. The Kier molecular flexibility index (Phi) is 2.83. The minimum Gasteiger partial charge on any atom is -0.443 e. The van der Waals surface area contributed by atoms with E-state index < -0.39 is 5.60 Å². The maximum absolute atomic E-state index is 12.0. The fourth-order valence-corrected chi connectivity index (χ4v) is 2.49. The number of rotatable bonds is 0. The first kappa shape index (κ1) is 11.9. The third kappa shape index (κ3) is 2.41. The van der Waals surface area contributed by atoms with Gasteiger partial charge in [-0.15, -0.1) is 0 Å². The van der Waals surface area contributed by atoms with E-state index in [1.807, 2.05) is 51.2 Å². The summed E-state index contributed by atoms with van der Waals surface area (Å²) in [7, 11) is 0.917. The van der Waals surface area contributed by atoms with Crippen molar-refractivity contribution in [2.75, 3.05) is 0 Å². The molecule has 0 N–H and O–H groups in total. The number of hydrogen-bond donors (Lipinski definition) is 0. The van der Waals surface area contributed by atoms with Crippen LogP contribution in [0.5, 0.6) is 0 Å². The highest BCUT2D eigenvalue weighted by Crippen LogP contribution is 2.15. The van der Waals surface area contributed by atoms with Crippen LogP contribution in [0.25, 0.3) is 10.9 Å². The molecular formula is C13H17NO2Si. The molecule has 4 heteroatoms. The molecule has 0 saturated heterocycles. The van der Waals surface area contributed by atoms with Crippen LogP contribution in [0.15, 0.2) is 30.5 Å². The highest BCUT2D eigenvalue weighted by Gasteiger charge is 2.19. The molecule has 0 atom stereocenters. The van der Waals surface area contributed by atoms with Crippen molar-refractivity contribution in [2.45, 2.75) is 26.4 Å². The van der Waals surface area contributed by atoms with Crippen molar-refractivity contribution in [3.63, 3.8) is 0 Å². The highest BCUT2D eigenvalue weighted by molar-refractivity contribution is 6.39. The van der Waals surface area contributed by atoms with E-state index in [1.165, 1.54) is 5.19 Å². The molecule has 0 aliphatic carbocycles. The number of fused-ring (bicyclic) bond motifs is 1. The zero-order valence-electron chi connectivity index (χ0n) is 10.7. The lowest BCUT2D eigenvalue weighted by Crippen LogP contribution is -2.26. The third-order valence-corrected chi connectivity index (χ3v) is 3.30. The van der Waals surface area contributed by atoms with Crippen molar-refractivity contribution >= 4 is 32.4 Å². The van der Waals surface area contributed by atoms with Crippen molar-refractivity contribution in [3.8, 4) is 0 Å². The van der Waals surface area contributed by atoms with E-state index in [-0.39, 0.29) is 6.09 Å². The smallest absolute Gasteiger partial charge is 0.418 e. The molecule has 0 fully saturated rings. The highest BCUT2D eigenvalue weighted by atomic mass is 28.1. The SMILES string of the molecule is CC(C)(C)OC(=O)n1cc([SiH3])c2ccccc21. The molecule has 0 spiro atoms. The van der Waals surface area contributed by atoms with Crippen LogP contribution in [0.2, 0.25) is 0 Å². The largest absolute Gasteiger partial charge is 0.443 e. The number of ether oxygens (including phenoxy) is 1. The van der Waals surface area contributed by atoms with Gasteiger partial charge in [0.15, 0.2) is 0 Å². The van der Waals surface area contributed by atoms with Gasteiger partial charge in [-0.25, -0.2) is 4.79 Å². The van der Waals surface area contributed by atoms with E-state index in [2.05, 4.69) is 0 Å². The average Bonchev–Trinajstić information content (AvgIpc) is 2.55. The molecule has 0 radical (unpaired) electrons. The van der Waals surface area contributed by atoms with Gasteiger partial charge in [0.25, 0.3) is 0 Å². The summed E-state index contributed by atoms with van der Waals surface area (Å²) in [4.78, 5) is 12.0. The summed E-state index contributed by atoms with van der Waals surface area (Å²) in [6.45, 7) is 5.62. The Labute approximate surface area is 104 Å². The standard InChI is InChI=1S/C13H17NO2Si/c1-13(2,3)16-12(15)14-8-11(17)9-6-4-5-7-10(9)14/h4-8H,1-3,17H3. The molecule has 17 heavy (non-hydrogen) atoms. The Balaban J connectivity index is 2.46. The van der Waals surface area contributed by atoms with Gasteiger partial charge in [-0.3, -0.25) is 4.57 Å². The molecule has 1 aromatic carbocycles. The van der Waals surface area contributed by atoms with Crippen LogP contribution in [0, 0.1) is 0 Å². The first-order chi connectivity index (χ1) is 7.88. The Morgan fingerprint density at radius 3 is 2.59 bits per heavy atom. The minimum atomic E-state index is -0.464. The maximum Gasteiger partial charge on any atom is 0.418 e. The summed E-state index contributed by atoms with van der Waals surface area (Å²) in [6, 6.07) is 7.91. The molecule has 3 nitrogen and oxygen atoms in total. The second-order valence-corrected chi connectivity index (χ2v) is 6.26. The van der Waals surface area contributed by atoms with Crippen molar-refractivity contribution in [1.82, 2.24) is 4.57 Å². The number of aromatic nitrogens is 1. The fraction of sp³-hybridized carbons (Fsp3) is 0.308. The van der Waals surface area contributed by atoms with Gasteiger partial charge in [0.1, 0.15) is 5.60 Å². The van der Waals surface area contributed by atoms with E-state index >= 15 is 0 Å². The van der Waals surface area contributed by atoms with Gasteiger partial charge >= 0.3 is 6.09 Å². The molecule has 0 aliphatic rings. The summed E-state index contributed by atoms with van der Waals surface area (Å²) in [5.74, 6) is 0. The number of hydrogen-bond acceptors (Lipinski definition) is 2. The molecule has 2 aromatic rings. The molecule has 2 rings (SSSR count). The van der Waals surface area contributed by atoms with Crippen molar-refractivity contribution in [3.05, 3.63) is 30.5 Å². The second-order valence-electron chi connectivity index (χ2n) is 5.18. The fourth-order valence-electron chi connectivity index (χ4n) is 1.81. The van der Waals surface area contributed by atoms with Gasteiger partial charge in [0, 0.05) is 16.4 Å². The molecule has 0 bridgehead atoms. The lowest BCUT2D eigenvalue weighted by atomic mass is 10.2. The van der Waals surface area contributed by atoms with Gasteiger partial charge in [-0.1, -0.05) is 18.2 Å². The summed E-state index contributed by atoms with van der Waals surface area (Å²) in [6.07, 6.45) is 1.57. The summed E-state index contributed by atoms with van der Waals surface area (Å²) < 4.78 is 6.98. The van der Waals surface area contributed by atoms with Gasteiger partial charge < -0.3 is 4.74 Å². The van der Waals surface area contributed by atoms with Crippen LogP contribution in [0.3, 0.4) is 0 Å². The van der Waals surface area contributed by atoms with Crippen molar-refractivity contribution in [1.29, 1.82) is 0 Å². The topological polar surface area (TPSA) is 31.2 Å². The van der Waals surface area contributed by atoms with E-state index in [1.54, 1.807) is 4.57 Å². The number of carbonyl (C=O) groups excluding carboxylic acids is 1. The molecule has 1 heterocycles. The maximum atomic E-state index is 12.0. The van der Waals surface area contributed by atoms with Crippen LogP contribution in [-0.4, -0.2) is 26.5 Å². The molecule has 0 saturated carbocycles. The predicted molar refractivity (Wildman–Crippen MR) is 73.1 cm³/mol. The zero-order valence-corrected chi connectivity index (χ0v) is 12.7. The van der Waals surface area contributed by atoms with Crippen LogP contribution >= 0.6 is 0 Å². The molecule has 0 aliphatic heterocycles. The van der Waals surface area contributed by atoms with Crippen LogP contribution in [-0.2, 0) is 4.74 Å². The lowest BCUT2D eigenvalue weighted by Gasteiger charge is -2.19. The predicted octanol–water partition coefficient (Wildman–Crippen LogP) is 1.42. The Hall–Kier alpha value is -1.55. The van der Waals surface area contributed by atoms with E-state index in [0.717, 1.165) is 21.1 Å². The quantitative estimate of drug-likeness (QED) is 0.659. The van der Waals surface area contributed by atoms with Gasteiger partial charge in [-0.2, -0.15) is 0 Å². The van der Waals surface area contributed by atoms with E-state index in [0.29, 0.717) is 0 Å². The van der Waals surface area contributed by atoms with Crippen LogP contribution in [0.1, 0.15) is 20.8 Å².